The fourth-order valence-electron chi connectivity index (χ4n) is 4.12. The summed E-state index contributed by atoms with van der Waals surface area (Å²) in [5, 5.41) is 10.8. The van der Waals surface area contributed by atoms with Gasteiger partial charge < -0.3 is 19.9 Å². The molecule has 0 fully saturated rings. The van der Waals surface area contributed by atoms with Gasteiger partial charge in [0.05, 0.1) is 30.1 Å². The van der Waals surface area contributed by atoms with Gasteiger partial charge >= 0.3 is 5.97 Å². The largest absolute Gasteiger partial charge is 0.457 e. The molecule has 0 radical (unpaired) electrons. The molecule has 1 amide bonds. The van der Waals surface area contributed by atoms with Gasteiger partial charge in [-0.3, -0.25) is 9.78 Å². The van der Waals surface area contributed by atoms with Crippen LogP contribution in [-0.2, 0) is 29.0 Å². The molecule has 1 aromatic carbocycles. The van der Waals surface area contributed by atoms with Gasteiger partial charge in [-0.05, 0) is 44.5 Å². The number of nitrogens with one attached hydrogen (secondary N) is 1. The molecule has 3 heterocycles. The summed E-state index contributed by atoms with van der Waals surface area (Å²) >= 11 is 0. The van der Waals surface area contributed by atoms with Crippen molar-refractivity contribution in [3.05, 3.63) is 52.5 Å². The molecule has 0 aliphatic carbocycles. The van der Waals surface area contributed by atoms with Crippen molar-refractivity contribution in [1.29, 1.82) is 0 Å². The lowest BCUT2D eigenvalue weighted by Crippen LogP contribution is -2.35. The molecule has 1 aromatic heterocycles. The van der Waals surface area contributed by atoms with Crippen LogP contribution in [0.25, 0.3) is 0 Å². The highest BCUT2D eigenvalue weighted by Crippen LogP contribution is 2.26. The summed E-state index contributed by atoms with van der Waals surface area (Å²) in [6.07, 6.45) is 8.52. The first-order valence-electron chi connectivity index (χ1n) is 11.8. The van der Waals surface area contributed by atoms with Gasteiger partial charge in [0.25, 0.3) is 0 Å². The van der Waals surface area contributed by atoms with Crippen LogP contribution < -0.4 is 10.2 Å². The van der Waals surface area contributed by atoms with Gasteiger partial charge in [0, 0.05) is 43.9 Å². The highest BCUT2D eigenvalue weighted by atomic mass is 16.5. The number of hydrogen-bond donors (Lipinski definition) is 1. The number of likely N-dealkylation sites (N-methyl/N-ethyl adjacent to an activating group) is 1. The Kier molecular flexibility index (Phi) is 7.81. The number of rotatable bonds is 9. The number of esters is 1. The van der Waals surface area contributed by atoms with Gasteiger partial charge in [-0.1, -0.05) is 6.07 Å². The SMILES string of the molecule is Cc1c(CCN(C)CCNC(=O)Cc2cnc(N3C=NN=CCC3C)cn2)ccc2c1COC2=O. The maximum absolute atomic E-state index is 12.4. The molecule has 2 aliphatic heterocycles. The minimum atomic E-state index is -0.235. The lowest BCUT2D eigenvalue weighted by Gasteiger charge is -2.23. The first kappa shape index (κ1) is 24.5. The number of nitrogens with zero attached hydrogens (tertiary/aromatic N) is 6. The predicted molar refractivity (Wildman–Crippen MR) is 134 cm³/mol. The van der Waals surface area contributed by atoms with Gasteiger partial charge in [-0.15, -0.1) is 5.10 Å². The fourth-order valence-corrected chi connectivity index (χ4v) is 4.12. The molecular weight excluding hydrogens is 446 g/mol. The van der Waals surface area contributed by atoms with E-state index in [9.17, 15) is 9.59 Å². The second-order valence-electron chi connectivity index (χ2n) is 8.92. The van der Waals surface area contributed by atoms with Crippen molar-refractivity contribution in [2.24, 2.45) is 10.2 Å². The van der Waals surface area contributed by atoms with E-state index >= 15 is 0 Å². The molecule has 1 N–H and O–H groups in total. The molecule has 1 unspecified atom stereocenters. The third-order valence-electron chi connectivity index (χ3n) is 6.40. The number of ether oxygens (including phenoxy) is 1. The summed E-state index contributed by atoms with van der Waals surface area (Å²) in [6.45, 7) is 6.60. The van der Waals surface area contributed by atoms with Gasteiger partial charge in [-0.2, -0.15) is 5.10 Å². The van der Waals surface area contributed by atoms with Crippen LogP contribution in [0.15, 0.2) is 34.7 Å². The number of carbonyl (C=O) groups excluding carboxylic acids is 2. The van der Waals surface area contributed by atoms with Crippen molar-refractivity contribution in [3.8, 4) is 0 Å². The molecule has 0 saturated carbocycles. The molecule has 35 heavy (non-hydrogen) atoms. The van der Waals surface area contributed by atoms with Crippen LogP contribution in [0.5, 0.6) is 0 Å². The Balaban J connectivity index is 1.19. The molecule has 0 bridgehead atoms. The van der Waals surface area contributed by atoms with Crippen LogP contribution in [0.3, 0.4) is 0 Å². The third kappa shape index (κ3) is 6.07. The van der Waals surface area contributed by atoms with E-state index in [0.29, 0.717) is 30.2 Å². The van der Waals surface area contributed by atoms with E-state index in [1.165, 1.54) is 5.56 Å². The molecule has 10 nitrogen and oxygen atoms in total. The van der Waals surface area contributed by atoms with E-state index in [1.807, 2.05) is 31.0 Å². The van der Waals surface area contributed by atoms with E-state index in [1.54, 1.807) is 24.9 Å². The zero-order valence-electron chi connectivity index (χ0n) is 20.4. The number of aromatic nitrogens is 2. The molecule has 4 rings (SSSR count). The van der Waals surface area contributed by atoms with Gasteiger partial charge in [-0.25, -0.2) is 9.78 Å². The van der Waals surface area contributed by atoms with Crippen LogP contribution in [0, 0.1) is 6.92 Å². The van der Waals surface area contributed by atoms with Crippen LogP contribution in [0.1, 0.15) is 46.1 Å². The standard InChI is InChI=1S/C25H31N7O3/c1-17-6-8-29-30-16-32(17)23-14-27-20(13-28-23)12-24(33)26-9-11-31(3)10-7-19-4-5-21-22(18(19)2)15-35-25(21)34/h4-5,8,13-14,16-17H,6-7,9-12,15H2,1-3H3,(H,26,33). The Morgan fingerprint density at radius 2 is 2.09 bits per heavy atom. The average molecular weight is 478 g/mol. The van der Waals surface area contributed by atoms with Gasteiger partial charge in [0.15, 0.2) is 5.82 Å². The Morgan fingerprint density at radius 1 is 1.23 bits per heavy atom. The highest BCUT2D eigenvalue weighted by molar-refractivity contribution is 5.94. The summed E-state index contributed by atoms with van der Waals surface area (Å²) in [7, 11) is 2.03. The number of benzene rings is 1. The molecule has 184 valence electrons. The molecule has 2 aromatic rings. The topological polar surface area (TPSA) is 112 Å². The predicted octanol–water partition coefficient (Wildman–Crippen LogP) is 1.90. The van der Waals surface area contributed by atoms with Crippen molar-refractivity contribution in [1.82, 2.24) is 20.2 Å². The van der Waals surface area contributed by atoms with Crippen molar-refractivity contribution < 1.29 is 14.3 Å². The number of amides is 1. The summed E-state index contributed by atoms with van der Waals surface area (Å²) in [5.41, 5.74) is 4.65. The Labute approximate surface area is 205 Å². The Bertz CT molecular complexity index is 1130. The van der Waals surface area contributed by atoms with Crippen LogP contribution in [0.4, 0.5) is 5.82 Å². The molecule has 0 saturated heterocycles. The van der Waals surface area contributed by atoms with E-state index < -0.39 is 0 Å². The lowest BCUT2D eigenvalue weighted by atomic mass is 9.97. The summed E-state index contributed by atoms with van der Waals surface area (Å²) in [5.74, 6) is 0.356. The average Bonchev–Trinajstić information content (AvgIpc) is 3.09. The summed E-state index contributed by atoms with van der Waals surface area (Å²) < 4.78 is 5.14. The smallest absolute Gasteiger partial charge is 0.338 e. The van der Waals surface area contributed by atoms with Gasteiger partial charge in [0.1, 0.15) is 12.9 Å². The van der Waals surface area contributed by atoms with E-state index in [0.717, 1.165) is 37.1 Å². The first-order chi connectivity index (χ1) is 16.9. The maximum atomic E-state index is 12.4. The molecular formula is C25H31N7O3. The zero-order chi connectivity index (χ0) is 24.8. The van der Waals surface area contributed by atoms with Crippen molar-refractivity contribution >= 4 is 30.2 Å². The monoisotopic (exact) mass is 477 g/mol. The first-order valence-corrected chi connectivity index (χ1v) is 11.8. The molecule has 10 heteroatoms. The van der Waals surface area contributed by atoms with Gasteiger partial charge in [0.2, 0.25) is 5.91 Å². The second-order valence-corrected chi connectivity index (χ2v) is 8.92. The molecule has 1 atom stereocenters. The fraction of sp³-hybridized carbons (Fsp3) is 0.440. The molecule has 2 aliphatic rings. The maximum Gasteiger partial charge on any atom is 0.338 e. The summed E-state index contributed by atoms with van der Waals surface area (Å²) in [4.78, 5) is 37.0. The lowest BCUT2D eigenvalue weighted by molar-refractivity contribution is -0.120. The number of cyclic esters (lactones) is 1. The Hall–Kier alpha value is -3.66. The minimum Gasteiger partial charge on any atom is -0.457 e. The third-order valence-corrected chi connectivity index (χ3v) is 6.40. The zero-order valence-corrected chi connectivity index (χ0v) is 20.4. The van der Waals surface area contributed by atoms with Crippen molar-refractivity contribution in [2.75, 3.05) is 31.6 Å². The van der Waals surface area contributed by atoms with Crippen LogP contribution >= 0.6 is 0 Å². The van der Waals surface area contributed by atoms with E-state index in [-0.39, 0.29) is 24.3 Å². The van der Waals surface area contributed by atoms with Crippen LogP contribution in [-0.4, -0.2) is 72.0 Å². The quantitative estimate of drug-likeness (QED) is 0.549. The minimum absolute atomic E-state index is 0.0855. The molecule has 0 spiro atoms. The van der Waals surface area contributed by atoms with Crippen molar-refractivity contribution in [2.45, 2.75) is 45.8 Å². The summed E-state index contributed by atoms with van der Waals surface area (Å²) in [6, 6.07) is 4.05. The second kappa shape index (κ2) is 11.2. The van der Waals surface area contributed by atoms with E-state index in [4.69, 9.17) is 4.74 Å². The number of hydrogen-bond acceptors (Lipinski definition) is 9. The van der Waals surface area contributed by atoms with Crippen molar-refractivity contribution in [3.63, 3.8) is 0 Å². The highest BCUT2D eigenvalue weighted by Gasteiger charge is 2.23. The van der Waals surface area contributed by atoms with Crippen LogP contribution in [0.2, 0.25) is 0 Å². The van der Waals surface area contributed by atoms with E-state index in [2.05, 4.69) is 37.3 Å². The number of carbonyl (C=O) groups is 2. The normalized spacial score (nSPS) is 16.9. The number of anilines is 1. The Morgan fingerprint density at radius 3 is 2.89 bits per heavy atom. The number of fused-ring (bicyclic) bond motifs is 1.